The van der Waals surface area contributed by atoms with Crippen LogP contribution in [0.1, 0.15) is 5.56 Å². The second kappa shape index (κ2) is 5.86. The first kappa shape index (κ1) is 14.7. The van der Waals surface area contributed by atoms with Gasteiger partial charge >= 0.3 is 0 Å². The van der Waals surface area contributed by atoms with Crippen molar-refractivity contribution in [1.82, 2.24) is 15.2 Å². The Morgan fingerprint density at radius 1 is 1.43 bits per heavy atom. The predicted molar refractivity (Wildman–Crippen MR) is 83.8 cm³/mol. The number of hydrogen-bond acceptors (Lipinski definition) is 6. The van der Waals surface area contributed by atoms with Crippen molar-refractivity contribution in [2.75, 3.05) is 44.2 Å². The van der Waals surface area contributed by atoms with E-state index in [1.165, 1.54) is 6.20 Å². The van der Waals surface area contributed by atoms with Gasteiger partial charge in [-0.3, -0.25) is 15.0 Å². The highest BCUT2D eigenvalue weighted by atomic mass is 79.9. The summed E-state index contributed by atoms with van der Waals surface area (Å²) in [5, 5.41) is 14.3. The molecule has 0 bridgehead atoms. The van der Waals surface area contributed by atoms with Crippen LogP contribution in [0.25, 0.3) is 0 Å². The lowest BCUT2D eigenvalue weighted by Crippen LogP contribution is -2.63. The van der Waals surface area contributed by atoms with E-state index in [0.29, 0.717) is 11.6 Å². The Morgan fingerprint density at radius 2 is 2.10 bits per heavy atom. The van der Waals surface area contributed by atoms with E-state index in [4.69, 9.17) is 0 Å². The summed E-state index contributed by atoms with van der Waals surface area (Å²) < 4.78 is 0.732. The number of nitrogens with zero attached hydrogens (tertiary/aromatic N) is 4. The fourth-order valence-electron chi connectivity index (χ4n) is 2.87. The van der Waals surface area contributed by atoms with Crippen molar-refractivity contribution in [1.29, 1.82) is 0 Å². The Bertz CT molecular complexity index is 556. The first-order valence-corrected chi connectivity index (χ1v) is 7.86. The highest BCUT2D eigenvalue weighted by Crippen LogP contribution is 2.35. The number of hydrogen-bond donors (Lipinski definition) is 1. The second-order valence-corrected chi connectivity index (χ2v) is 6.30. The molecule has 1 aromatic rings. The molecular formula is C13H18BrN5O2. The average Bonchev–Trinajstić information content (AvgIpc) is 2.43. The number of rotatable bonds is 3. The molecule has 1 N–H and O–H groups in total. The van der Waals surface area contributed by atoms with Gasteiger partial charge in [0.2, 0.25) is 0 Å². The van der Waals surface area contributed by atoms with Crippen molar-refractivity contribution >= 4 is 27.4 Å². The van der Waals surface area contributed by atoms with Gasteiger partial charge in [-0.15, -0.1) is 0 Å². The maximum atomic E-state index is 10.9. The summed E-state index contributed by atoms with van der Waals surface area (Å²) in [5.74, 6) is 0.810. The zero-order chi connectivity index (χ0) is 15.0. The highest BCUT2D eigenvalue weighted by Gasteiger charge is 2.34. The Kier molecular flexibility index (Phi) is 4.10. The maximum Gasteiger partial charge on any atom is 0.291 e. The predicted octanol–water partition coefficient (Wildman–Crippen LogP) is 1.15. The lowest BCUT2D eigenvalue weighted by molar-refractivity contribution is -0.385. The van der Waals surface area contributed by atoms with Crippen molar-refractivity contribution < 1.29 is 4.92 Å². The van der Waals surface area contributed by atoms with Gasteiger partial charge in [0.15, 0.2) is 0 Å². The summed E-state index contributed by atoms with van der Waals surface area (Å²) in [6.07, 6.45) is 1.35. The Labute approximate surface area is 131 Å². The van der Waals surface area contributed by atoms with E-state index >= 15 is 0 Å². The first-order valence-electron chi connectivity index (χ1n) is 7.07. The van der Waals surface area contributed by atoms with Gasteiger partial charge in [-0.2, -0.15) is 0 Å². The van der Waals surface area contributed by atoms with Gasteiger partial charge in [-0.1, -0.05) is 0 Å². The van der Waals surface area contributed by atoms with Gasteiger partial charge in [-0.05, 0) is 22.9 Å². The van der Waals surface area contributed by atoms with Gasteiger partial charge in [0.25, 0.3) is 5.69 Å². The van der Waals surface area contributed by atoms with Crippen LogP contribution in [0.5, 0.6) is 0 Å². The number of anilines is 1. The van der Waals surface area contributed by atoms with E-state index < -0.39 is 4.92 Å². The molecule has 0 saturated carbocycles. The number of nitrogens with one attached hydrogen (secondary N) is 1. The van der Waals surface area contributed by atoms with E-state index in [2.05, 4.69) is 36.0 Å². The molecule has 3 heterocycles. The van der Waals surface area contributed by atoms with Crippen LogP contribution in [0.4, 0.5) is 11.5 Å². The van der Waals surface area contributed by atoms with Crippen LogP contribution in [0.3, 0.4) is 0 Å². The fraction of sp³-hybridized carbons (Fsp3) is 0.615. The monoisotopic (exact) mass is 355 g/mol. The maximum absolute atomic E-state index is 10.9. The van der Waals surface area contributed by atoms with Gasteiger partial charge in [0, 0.05) is 50.9 Å². The number of nitro groups is 1. The quantitative estimate of drug-likeness (QED) is 0.647. The van der Waals surface area contributed by atoms with E-state index in [0.717, 1.165) is 49.6 Å². The molecule has 7 nitrogen and oxygen atoms in total. The van der Waals surface area contributed by atoms with E-state index in [-0.39, 0.29) is 5.69 Å². The van der Waals surface area contributed by atoms with Gasteiger partial charge in [-0.25, -0.2) is 4.98 Å². The van der Waals surface area contributed by atoms with Crippen molar-refractivity contribution in [3.8, 4) is 0 Å². The molecule has 114 valence electrons. The minimum Gasteiger partial charge on any atom is -0.352 e. The van der Waals surface area contributed by atoms with Crippen molar-refractivity contribution in [2.24, 2.45) is 0 Å². The van der Waals surface area contributed by atoms with Crippen LogP contribution in [-0.2, 0) is 0 Å². The summed E-state index contributed by atoms with van der Waals surface area (Å²) >= 11 is 3.46. The summed E-state index contributed by atoms with van der Waals surface area (Å²) in [7, 11) is 0. The molecule has 1 aromatic heterocycles. The third kappa shape index (κ3) is 2.75. The van der Waals surface area contributed by atoms with Crippen molar-refractivity contribution in [3.63, 3.8) is 0 Å². The largest absolute Gasteiger partial charge is 0.352 e. The molecule has 2 aliphatic heterocycles. The van der Waals surface area contributed by atoms with Crippen LogP contribution in [0.15, 0.2) is 10.7 Å². The Hall–Kier alpha value is -1.25. The van der Waals surface area contributed by atoms with E-state index in [1.54, 1.807) is 6.92 Å². The van der Waals surface area contributed by atoms with Crippen LogP contribution in [0, 0.1) is 17.0 Å². The standard InChI is InChI=1S/C13H18BrN5O2/c1-9-11(19(20)21)6-16-13(12(9)14)18-7-10(8-18)17-4-2-15-3-5-17/h6,10,15H,2-5,7-8H2,1H3. The Balaban J connectivity index is 1.69. The molecule has 0 aromatic carbocycles. The third-order valence-electron chi connectivity index (χ3n) is 4.25. The molecule has 0 spiro atoms. The SMILES string of the molecule is Cc1c([N+](=O)[O-])cnc(N2CC(N3CCNCC3)C2)c1Br. The van der Waals surface area contributed by atoms with E-state index in [1.807, 2.05) is 0 Å². The number of piperazine rings is 1. The summed E-state index contributed by atoms with van der Waals surface area (Å²) in [5.41, 5.74) is 0.695. The third-order valence-corrected chi connectivity index (χ3v) is 5.19. The summed E-state index contributed by atoms with van der Waals surface area (Å²) in [6, 6.07) is 0.566. The molecule has 21 heavy (non-hydrogen) atoms. The average molecular weight is 356 g/mol. The van der Waals surface area contributed by atoms with Crippen molar-refractivity contribution in [2.45, 2.75) is 13.0 Å². The van der Waals surface area contributed by atoms with Crippen LogP contribution in [0.2, 0.25) is 0 Å². The number of halogens is 1. The minimum atomic E-state index is -0.392. The number of pyridine rings is 1. The molecule has 0 aliphatic carbocycles. The zero-order valence-electron chi connectivity index (χ0n) is 11.9. The van der Waals surface area contributed by atoms with Crippen LogP contribution >= 0.6 is 15.9 Å². The first-order chi connectivity index (χ1) is 10.1. The molecule has 0 atom stereocenters. The molecule has 0 radical (unpaired) electrons. The molecular weight excluding hydrogens is 338 g/mol. The molecule has 2 saturated heterocycles. The lowest BCUT2D eigenvalue weighted by Gasteiger charge is -2.47. The molecule has 2 aliphatic rings. The minimum absolute atomic E-state index is 0.0600. The molecule has 8 heteroatoms. The second-order valence-electron chi connectivity index (χ2n) is 5.51. The Morgan fingerprint density at radius 3 is 2.71 bits per heavy atom. The molecule has 2 fully saturated rings. The van der Waals surface area contributed by atoms with E-state index in [9.17, 15) is 10.1 Å². The molecule has 0 amide bonds. The van der Waals surface area contributed by atoms with Gasteiger partial charge in [0.05, 0.1) is 9.40 Å². The fourth-order valence-corrected chi connectivity index (χ4v) is 3.42. The summed E-state index contributed by atoms with van der Waals surface area (Å²) in [6.45, 7) is 7.90. The van der Waals surface area contributed by atoms with Gasteiger partial charge in [0.1, 0.15) is 12.0 Å². The highest BCUT2D eigenvalue weighted by molar-refractivity contribution is 9.10. The number of aromatic nitrogens is 1. The van der Waals surface area contributed by atoms with Crippen LogP contribution < -0.4 is 10.2 Å². The normalized spacial score (nSPS) is 20.4. The topological polar surface area (TPSA) is 74.5 Å². The van der Waals surface area contributed by atoms with Gasteiger partial charge < -0.3 is 10.2 Å². The zero-order valence-corrected chi connectivity index (χ0v) is 13.5. The smallest absolute Gasteiger partial charge is 0.291 e. The lowest BCUT2D eigenvalue weighted by atomic mass is 10.1. The molecule has 3 rings (SSSR count). The summed E-state index contributed by atoms with van der Waals surface area (Å²) in [4.78, 5) is 19.5. The molecule has 0 unspecified atom stereocenters. The van der Waals surface area contributed by atoms with Crippen LogP contribution in [-0.4, -0.2) is 60.1 Å². The van der Waals surface area contributed by atoms with Crippen molar-refractivity contribution in [3.05, 3.63) is 26.3 Å².